The largest absolute Gasteiger partial charge is 0.469 e. The van der Waals surface area contributed by atoms with Gasteiger partial charge in [-0.05, 0) is 0 Å². The van der Waals surface area contributed by atoms with Crippen LogP contribution in [0.25, 0.3) is 0 Å². The summed E-state index contributed by atoms with van der Waals surface area (Å²) in [5.41, 5.74) is 6.25. The predicted octanol–water partition coefficient (Wildman–Crippen LogP) is -1.02. The van der Waals surface area contributed by atoms with Crippen molar-refractivity contribution in [2.45, 2.75) is 13.0 Å². The average Bonchev–Trinajstić information content (AvgIpc) is 2.65. The van der Waals surface area contributed by atoms with Crippen LogP contribution in [0.1, 0.15) is 12.0 Å². The third-order valence-corrected chi connectivity index (χ3v) is 3.68. The van der Waals surface area contributed by atoms with Gasteiger partial charge in [0.15, 0.2) is 0 Å². The van der Waals surface area contributed by atoms with Crippen LogP contribution in [-0.2, 0) is 33.1 Å². The van der Waals surface area contributed by atoms with Gasteiger partial charge in [0.25, 0.3) is 0 Å². The molecule has 1 aromatic rings. The Kier molecular flexibility index (Phi) is 4.68. The number of nitrogens with two attached hydrogens (primary N) is 1. The molecular formula is C9H16N4O4S. The van der Waals surface area contributed by atoms with E-state index >= 15 is 0 Å². The Labute approximate surface area is 105 Å². The minimum absolute atomic E-state index is 0.0448. The molecule has 0 amide bonds. The Balaban J connectivity index is 2.52. The molecule has 8 nitrogen and oxygen atoms in total. The van der Waals surface area contributed by atoms with Crippen LogP contribution in [0.4, 0.5) is 5.82 Å². The first-order chi connectivity index (χ1) is 8.35. The smallest absolute Gasteiger partial charge is 0.306 e. The van der Waals surface area contributed by atoms with Crippen molar-refractivity contribution in [2.75, 3.05) is 18.6 Å². The lowest BCUT2D eigenvalue weighted by atomic mass is 10.3. The number of nitrogen functional groups attached to an aromatic ring is 1. The second-order valence-corrected chi connectivity index (χ2v) is 5.57. The molecule has 1 rings (SSSR count). The summed E-state index contributed by atoms with van der Waals surface area (Å²) in [7, 11) is -0.671. The van der Waals surface area contributed by atoms with Gasteiger partial charge in [-0.15, -0.1) is 0 Å². The summed E-state index contributed by atoms with van der Waals surface area (Å²) in [6, 6.07) is 0. The number of hydrogen-bond donors (Lipinski definition) is 2. The molecule has 0 radical (unpaired) electrons. The highest BCUT2D eigenvalue weighted by molar-refractivity contribution is 7.89. The average molecular weight is 276 g/mol. The molecule has 0 aliphatic carbocycles. The van der Waals surface area contributed by atoms with Crippen molar-refractivity contribution < 1.29 is 17.9 Å². The van der Waals surface area contributed by atoms with Gasteiger partial charge in [0.2, 0.25) is 10.0 Å². The quantitative estimate of drug-likeness (QED) is 0.643. The molecule has 0 saturated heterocycles. The van der Waals surface area contributed by atoms with Crippen molar-refractivity contribution in [3.63, 3.8) is 0 Å². The summed E-state index contributed by atoms with van der Waals surface area (Å²) in [5.74, 6) is -0.494. The lowest BCUT2D eigenvalue weighted by Crippen LogP contribution is -2.27. The number of esters is 1. The zero-order valence-electron chi connectivity index (χ0n) is 10.2. The number of carbonyl (C=O) groups is 1. The van der Waals surface area contributed by atoms with Gasteiger partial charge in [-0.3, -0.25) is 9.48 Å². The van der Waals surface area contributed by atoms with Crippen LogP contribution in [0, 0.1) is 0 Å². The predicted molar refractivity (Wildman–Crippen MR) is 64.9 cm³/mol. The molecule has 1 heterocycles. The molecule has 0 aliphatic heterocycles. The van der Waals surface area contributed by atoms with E-state index in [1.54, 1.807) is 7.05 Å². The number of sulfonamides is 1. The summed E-state index contributed by atoms with van der Waals surface area (Å²) < 4.78 is 31.3. The Morgan fingerprint density at radius 1 is 1.61 bits per heavy atom. The van der Waals surface area contributed by atoms with Crippen LogP contribution < -0.4 is 10.5 Å². The van der Waals surface area contributed by atoms with Crippen LogP contribution in [0.3, 0.4) is 0 Å². The van der Waals surface area contributed by atoms with Gasteiger partial charge >= 0.3 is 5.97 Å². The Hall–Kier alpha value is -1.61. The fourth-order valence-corrected chi connectivity index (χ4v) is 2.16. The van der Waals surface area contributed by atoms with Gasteiger partial charge in [-0.1, -0.05) is 0 Å². The highest BCUT2D eigenvalue weighted by Crippen LogP contribution is 2.09. The lowest BCUT2D eigenvalue weighted by Gasteiger charge is -2.05. The van der Waals surface area contributed by atoms with E-state index in [9.17, 15) is 13.2 Å². The number of aryl methyl sites for hydroxylation is 1. The maximum absolute atomic E-state index is 11.6. The molecule has 0 aliphatic rings. The maximum atomic E-state index is 11.6. The summed E-state index contributed by atoms with van der Waals surface area (Å²) in [5, 5.41) is 3.89. The highest BCUT2D eigenvalue weighted by atomic mass is 32.2. The summed E-state index contributed by atoms with van der Waals surface area (Å²) in [6.07, 6.45) is 1.30. The molecule has 0 aromatic carbocycles. The summed E-state index contributed by atoms with van der Waals surface area (Å²) >= 11 is 0. The molecule has 102 valence electrons. The molecule has 0 fully saturated rings. The van der Waals surface area contributed by atoms with Gasteiger partial charge in [0.05, 0.1) is 25.5 Å². The van der Waals surface area contributed by atoms with Gasteiger partial charge in [0.1, 0.15) is 5.82 Å². The number of rotatable bonds is 6. The summed E-state index contributed by atoms with van der Waals surface area (Å²) in [4.78, 5) is 10.8. The van der Waals surface area contributed by atoms with Crippen molar-refractivity contribution in [3.05, 3.63) is 11.8 Å². The first-order valence-electron chi connectivity index (χ1n) is 5.16. The molecule has 0 bridgehead atoms. The fraction of sp³-hybridized carbons (Fsp3) is 0.556. The third-order valence-electron chi connectivity index (χ3n) is 2.35. The van der Waals surface area contributed by atoms with Crippen molar-refractivity contribution in [1.82, 2.24) is 14.5 Å². The fourth-order valence-electron chi connectivity index (χ4n) is 1.21. The standard InChI is InChI=1S/C9H16N4O4S/c1-13-9(10)7(5-11-13)6-12-18(15,16)4-3-8(14)17-2/h5,12H,3-4,6,10H2,1-2H3. The van der Waals surface area contributed by atoms with Crippen LogP contribution in [0.15, 0.2) is 6.20 Å². The molecule has 0 atom stereocenters. The topological polar surface area (TPSA) is 116 Å². The SMILES string of the molecule is COC(=O)CCS(=O)(=O)NCc1cnn(C)c1N. The number of nitrogens with zero attached hydrogens (tertiary/aromatic N) is 2. The Bertz CT molecular complexity index is 523. The van der Waals surface area contributed by atoms with Crippen molar-refractivity contribution in [3.8, 4) is 0 Å². The molecule has 1 aromatic heterocycles. The number of anilines is 1. The maximum Gasteiger partial charge on any atom is 0.306 e. The van der Waals surface area contributed by atoms with Crippen LogP contribution in [-0.4, -0.2) is 37.0 Å². The van der Waals surface area contributed by atoms with Crippen LogP contribution in [0.5, 0.6) is 0 Å². The number of carbonyl (C=O) groups excluding carboxylic acids is 1. The highest BCUT2D eigenvalue weighted by Gasteiger charge is 2.14. The zero-order chi connectivity index (χ0) is 13.8. The Morgan fingerprint density at radius 3 is 2.78 bits per heavy atom. The molecule has 9 heteroatoms. The van der Waals surface area contributed by atoms with E-state index in [2.05, 4.69) is 14.6 Å². The molecule has 18 heavy (non-hydrogen) atoms. The van der Waals surface area contributed by atoms with E-state index in [1.807, 2.05) is 0 Å². The number of aromatic nitrogens is 2. The van der Waals surface area contributed by atoms with Crippen molar-refractivity contribution in [1.29, 1.82) is 0 Å². The van der Waals surface area contributed by atoms with Crippen LogP contribution in [0.2, 0.25) is 0 Å². The lowest BCUT2D eigenvalue weighted by molar-refractivity contribution is -0.140. The molecular weight excluding hydrogens is 260 g/mol. The molecule has 0 unspecified atom stereocenters. The first-order valence-corrected chi connectivity index (χ1v) is 6.81. The minimum Gasteiger partial charge on any atom is -0.469 e. The number of nitrogens with one attached hydrogen (secondary N) is 1. The minimum atomic E-state index is -3.54. The van der Waals surface area contributed by atoms with E-state index in [-0.39, 0.29) is 18.7 Å². The molecule has 0 saturated carbocycles. The van der Waals surface area contributed by atoms with E-state index in [4.69, 9.17) is 5.73 Å². The number of hydrogen-bond acceptors (Lipinski definition) is 6. The van der Waals surface area contributed by atoms with E-state index in [0.717, 1.165) is 0 Å². The molecule has 3 N–H and O–H groups in total. The number of ether oxygens (including phenoxy) is 1. The van der Waals surface area contributed by atoms with Crippen molar-refractivity contribution >= 4 is 21.8 Å². The van der Waals surface area contributed by atoms with Gasteiger partial charge in [-0.2, -0.15) is 5.10 Å². The van der Waals surface area contributed by atoms with Gasteiger partial charge in [0, 0.05) is 19.2 Å². The summed E-state index contributed by atoms with van der Waals surface area (Å²) in [6.45, 7) is 0.0448. The zero-order valence-corrected chi connectivity index (χ0v) is 11.0. The van der Waals surface area contributed by atoms with Gasteiger partial charge in [-0.25, -0.2) is 13.1 Å². The van der Waals surface area contributed by atoms with E-state index < -0.39 is 16.0 Å². The second-order valence-electron chi connectivity index (χ2n) is 3.64. The Morgan fingerprint density at radius 2 is 2.28 bits per heavy atom. The van der Waals surface area contributed by atoms with Crippen LogP contribution >= 0.6 is 0 Å². The number of methoxy groups -OCH3 is 1. The van der Waals surface area contributed by atoms with E-state index in [0.29, 0.717) is 11.4 Å². The second kappa shape index (κ2) is 5.83. The monoisotopic (exact) mass is 276 g/mol. The van der Waals surface area contributed by atoms with Gasteiger partial charge < -0.3 is 10.5 Å². The van der Waals surface area contributed by atoms with E-state index in [1.165, 1.54) is 18.0 Å². The van der Waals surface area contributed by atoms with Crippen molar-refractivity contribution in [2.24, 2.45) is 7.05 Å². The first kappa shape index (κ1) is 14.5. The third kappa shape index (κ3) is 4.00. The molecule has 0 spiro atoms. The normalized spacial score (nSPS) is 11.4.